The number of carbonyl (C=O) groups excluding carboxylic acids is 2. The molecule has 3 aliphatic rings. The number of rotatable bonds is 3. The van der Waals surface area contributed by atoms with E-state index in [1.54, 1.807) is 18.0 Å². The number of imide groups is 1. The van der Waals surface area contributed by atoms with E-state index in [1.165, 1.54) is 11.9 Å². The zero-order valence-electron chi connectivity index (χ0n) is 15.2. The summed E-state index contributed by atoms with van der Waals surface area (Å²) < 4.78 is 0. The predicted molar refractivity (Wildman–Crippen MR) is 102 cm³/mol. The van der Waals surface area contributed by atoms with Gasteiger partial charge in [0.15, 0.2) is 6.29 Å². The van der Waals surface area contributed by atoms with Gasteiger partial charge < -0.3 is 4.90 Å². The Hall–Kier alpha value is -2.42. The Bertz CT molecular complexity index is 826. The zero-order valence-corrected chi connectivity index (χ0v) is 15.9. The molecule has 1 N–H and O–H groups in total. The minimum absolute atomic E-state index is 0.214. The average molecular weight is 389 g/mol. The number of nitrogens with one attached hydrogen (secondary N) is 1. The lowest BCUT2D eigenvalue weighted by Crippen LogP contribution is -2.65. The lowest BCUT2D eigenvalue weighted by atomic mass is 10.1. The number of halogens is 1. The lowest BCUT2D eigenvalue weighted by Gasteiger charge is -2.41. The van der Waals surface area contributed by atoms with Crippen molar-refractivity contribution in [3.8, 4) is 0 Å². The van der Waals surface area contributed by atoms with Gasteiger partial charge >= 0.3 is 6.03 Å². The summed E-state index contributed by atoms with van der Waals surface area (Å²) in [6, 6.07) is 6.68. The Morgan fingerprint density at radius 3 is 2.67 bits per heavy atom. The maximum absolute atomic E-state index is 12.9. The summed E-state index contributed by atoms with van der Waals surface area (Å²) in [7, 11) is 3.22. The van der Waals surface area contributed by atoms with Gasteiger partial charge in [-0.15, -0.1) is 6.58 Å². The van der Waals surface area contributed by atoms with Crippen LogP contribution in [0, 0.1) is 0 Å². The van der Waals surface area contributed by atoms with E-state index in [0.717, 1.165) is 11.3 Å². The first-order valence-electron chi connectivity index (χ1n) is 8.69. The van der Waals surface area contributed by atoms with Gasteiger partial charge in [0.2, 0.25) is 0 Å². The molecule has 4 rings (SSSR count). The fourth-order valence-corrected chi connectivity index (χ4v) is 3.97. The highest BCUT2D eigenvalue weighted by atomic mass is 35.5. The number of likely N-dealkylation sites (N-methyl/N-ethyl adjacent to an activating group) is 2. The quantitative estimate of drug-likeness (QED) is 0.781. The molecule has 3 heterocycles. The van der Waals surface area contributed by atoms with Crippen molar-refractivity contribution in [1.29, 1.82) is 0 Å². The maximum Gasteiger partial charge on any atom is 0.327 e. The molecule has 0 saturated carbocycles. The fraction of sp³-hybridized carbons (Fsp3) is 0.389. The third-order valence-corrected chi connectivity index (χ3v) is 5.49. The number of hydrazone groups is 1. The second-order valence-corrected chi connectivity index (χ2v) is 7.29. The minimum atomic E-state index is -0.479. The highest BCUT2D eigenvalue weighted by molar-refractivity contribution is 6.30. The van der Waals surface area contributed by atoms with E-state index in [9.17, 15) is 9.59 Å². The first kappa shape index (κ1) is 18.0. The van der Waals surface area contributed by atoms with Crippen molar-refractivity contribution < 1.29 is 9.59 Å². The van der Waals surface area contributed by atoms with Crippen LogP contribution >= 0.6 is 11.6 Å². The van der Waals surface area contributed by atoms with Gasteiger partial charge in [-0.05, 0) is 17.7 Å². The molecule has 8 nitrogen and oxygen atoms in total. The maximum atomic E-state index is 12.9. The largest absolute Gasteiger partial charge is 0.327 e. The zero-order chi connectivity index (χ0) is 19.3. The number of urea groups is 1. The first-order chi connectivity index (χ1) is 12.9. The van der Waals surface area contributed by atoms with Crippen LogP contribution in [0.4, 0.5) is 4.79 Å². The molecule has 1 aromatic rings. The van der Waals surface area contributed by atoms with Gasteiger partial charge in [0.25, 0.3) is 5.91 Å². The molecule has 0 spiro atoms. The number of carbonyl (C=O) groups is 2. The summed E-state index contributed by atoms with van der Waals surface area (Å²) in [6.07, 6.45) is 1.07. The van der Waals surface area contributed by atoms with Gasteiger partial charge in [-0.3, -0.25) is 20.0 Å². The van der Waals surface area contributed by atoms with Crippen LogP contribution in [0.2, 0.25) is 5.02 Å². The molecule has 142 valence electrons. The Kier molecular flexibility index (Phi) is 4.41. The molecular weight excluding hydrogens is 368 g/mol. The van der Waals surface area contributed by atoms with E-state index < -0.39 is 12.2 Å². The highest BCUT2D eigenvalue weighted by Crippen LogP contribution is 2.30. The minimum Gasteiger partial charge on any atom is -0.310 e. The third kappa shape index (κ3) is 2.80. The summed E-state index contributed by atoms with van der Waals surface area (Å²) in [4.78, 5) is 30.0. The Balaban J connectivity index is 1.71. The van der Waals surface area contributed by atoms with Gasteiger partial charge in [-0.1, -0.05) is 29.8 Å². The highest BCUT2D eigenvalue weighted by Gasteiger charge is 2.55. The van der Waals surface area contributed by atoms with Crippen molar-refractivity contribution in [1.82, 2.24) is 25.0 Å². The Morgan fingerprint density at radius 1 is 1.30 bits per heavy atom. The van der Waals surface area contributed by atoms with Gasteiger partial charge in [-0.25, -0.2) is 9.69 Å². The normalized spacial score (nSPS) is 28.2. The molecule has 0 aromatic heterocycles. The molecule has 9 heteroatoms. The summed E-state index contributed by atoms with van der Waals surface area (Å²) in [5, 5.41) is 10.6. The van der Waals surface area contributed by atoms with Crippen LogP contribution in [0.15, 0.2) is 42.0 Å². The van der Waals surface area contributed by atoms with E-state index >= 15 is 0 Å². The van der Waals surface area contributed by atoms with Gasteiger partial charge in [-0.2, -0.15) is 5.10 Å². The van der Waals surface area contributed by atoms with Crippen LogP contribution in [0.1, 0.15) is 5.56 Å². The smallest absolute Gasteiger partial charge is 0.310 e. The first-order valence-corrected chi connectivity index (χ1v) is 9.07. The number of nitrogens with zero attached hydrogens (tertiary/aromatic N) is 5. The van der Waals surface area contributed by atoms with Crippen molar-refractivity contribution in [2.75, 3.05) is 27.2 Å². The molecule has 27 heavy (non-hydrogen) atoms. The van der Waals surface area contributed by atoms with Crippen LogP contribution in [0.3, 0.4) is 0 Å². The van der Waals surface area contributed by atoms with Crippen LogP contribution in [0.5, 0.6) is 0 Å². The van der Waals surface area contributed by atoms with Crippen LogP contribution in [-0.2, 0) is 4.79 Å². The SMILES string of the molecule is C=CCN1N=C(c2ccc(Cl)cc2)CN2C3C(=O)N(C)C(=O)N(C)C3NC12. The molecule has 0 aliphatic carbocycles. The lowest BCUT2D eigenvalue weighted by molar-refractivity contribution is -0.137. The number of hydrogen-bond acceptors (Lipinski definition) is 6. The Labute approximate surface area is 162 Å². The van der Waals surface area contributed by atoms with Gasteiger partial charge in [0, 0.05) is 25.7 Å². The van der Waals surface area contributed by atoms with Crippen LogP contribution in [0.25, 0.3) is 0 Å². The van der Waals surface area contributed by atoms with Gasteiger partial charge in [0.05, 0.1) is 12.3 Å². The predicted octanol–water partition coefficient (Wildman–Crippen LogP) is 0.953. The summed E-state index contributed by atoms with van der Waals surface area (Å²) in [5.41, 5.74) is 1.78. The molecule has 3 aliphatic heterocycles. The fourth-order valence-electron chi connectivity index (χ4n) is 3.84. The molecule has 3 unspecified atom stereocenters. The molecule has 1 aromatic carbocycles. The van der Waals surface area contributed by atoms with Crippen LogP contribution in [-0.4, -0.2) is 83.0 Å². The second kappa shape index (κ2) is 6.63. The van der Waals surface area contributed by atoms with Crippen molar-refractivity contribution in [2.24, 2.45) is 5.10 Å². The van der Waals surface area contributed by atoms with E-state index in [2.05, 4.69) is 11.9 Å². The van der Waals surface area contributed by atoms with E-state index in [-0.39, 0.29) is 18.2 Å². The number of hydrogen-bond donors (Lipinski definition) is 1. The van der Waals surface area contributed by atoms with E-state index in [1.807, 2.05) is 34.2 Å². The third-order valence-electron chi connectivity index (χ3n) is 5.24. The second-order valence-electron chi connectivity index (χ2n) is 6.86. The summed E-state index contributed by atoms with van der Waals surface area (Å²) in [5.74, 6) is -0.214. The number of amides is 3. The van der Waals surface area contributed by atoms with E-state index in [0.29, 0.717) is 18.1 Å². The summed E-state index contributed by atoms with van der Waals surface area (Å²) in [6.45, 7) is 4.80. The monoisotopic (exact) mass is 388 g/mol. The number of benzene rings is 1. The summed E-state index contributed by atoms with van der Waals surface area (Å²) >= 11 is 6.00. The van der Waals surface area contributed by atoms with Crippen LogP contribution < -0.4 is 5.32 Å². The molecule has 3 atom stereocenters. The average Bonchev–Trinajstić information content (AvgIpc) is 3.05. The van der Waals surface area contributed by atoms with Crippen molar-refractivity contribution in [2.45, 2.75) is 18.5 Å². The van der Waals surface area contributed by atoms with Gasteiger partial charge in [0.1, 0.15) is 12.2 Å². The number of fused-ring (bicyclic) bond motifs is 3. The molecule has 0 radical (unpaired) electrons. The Morgan fingerprint density at radius 2 is 2.00 bits per heavy atom. The van der Waals surface area contributed by atoms with E-state index in [4.69, 9.17) is 16.7 Å². The standard InChI is InChI=1S/C18H21ClN6O2/c1-4-9-25-17-20-15-14(16(26)23(3)18(27)22(15)2)24(17)10-13(21-25)11-5-7-12(19)8-6-11/h4-8,14-15,17,20H,1,9-10H2,2-3H3. The molecule has 2 fully saturated rings. The topological polar surface area (TPSA) is 71.5 Å². The molecule has 0 bridgehead atoms. The molecular formula is C18H21ClN6O2. The molecule has 3 amide bonds. The van der Waals surface area contributed by atoms with Crippen molar-refractivity contribution >= 4 is 29.3 Å². The van der Waals surface area contributed by atoms with Crippen molar-refractivity contribution in [3.05, 3.63) is 47.5 Å². The van der Waals surface area contributed by atoms with Crippen molar-refractivity contribution in [3.63, 3.8) is 0 Å². The molecule has 2 saturated heterocycles.